The Kier molecular flexibility index (Phi) is 10.1. The van der Waals surface area contributed by atoms with E-state index in [1.54, 1.807) is 5.57 Å². The molecule has 218 valence electrons. The van der Waals surface area contributed by atoms with Crippen LogP contribution in [0.3, 0.4) is 0 Å². The molecule has 0 bridgehead atoms. The first kappa shape index (κ1) is 30.1. The van der Waals surface area contributed by atoms with Gasteiger partial charge >= 0.3 is 5.97 Å². The lowest BCUT2D eigenvalue weighted by molar-refractivity contribution is -0.151. The van der Waals surface area contributed by atoms with Crippen molar-refractivity contribution in [1.82, 2.24) is 0 Å². The van der Waals surface area contributed by atoms with Crippen LogP contribution >= 0.6 is 0 Å². The third kappa shape index (κ3) is 6.37. The Balaban J connectivity index is 1.33. The molecule has 4 nitrogen and oxygen atoms in total. The van der Waals surface area contributed by atoms with Crippen molar-refractivity contribution in [2.75, 3.05) is 6.61 Å². The molecule has 3 fully saturated rings. The van der Waals surface area contributed by atoms with E-state index in [0.29, 0.717) is 31.1 Å². The summed E-state index contributed by atoms with van der Waals surface area (Å²) >= 11 is 0. The van der Waals surface area contributed by atoms with Crippen LogP contribution in [-0.2, 0) is 9.53 Å². The Bertz CT molecular complexity index is 819. The van der Waals surface area contributed by atoms with Gasteiger partial charge in [0.2, 0.25) is 0 Å². The van der Waals surface area contributed by atoms with Crippen LogP contribution in [0.2, 0.25) is 0 Å². The maximum atomic E-state index is 12.5. The normalized spacial score (nSPS) is 38.1. The highest BCUT2D eigenvalue weighted by Gasteiger charge is 2.59. The molecule has 0 heterocycles. The summed E-state index contributed by atoms with van der Waals surface area (Å²) in [5.41, 5.74) is 2.38. The standard InChI is InChI=1S/C34H58O4/c1-23(2)8-6-9-24(3)29-14-15-30-28-13-12-25-22-27(38-32(37)11-7-10-26(36)18-21-35)16-19-33(25,4)31(28)17-20-34(29,30)5/h12,23-24,26-31,35-36H,6-11,13-22H2,1-5H3/t24-,26?,27+,28?,29-,30?,31?,33+,34-/m0/s1. The summed E-state index contributed by atoms with van der Waals surface area (Å²) in [6.45, 7) is 12.5. The van der Waals surface area contributed by atoms with E-state index in [1.165, 1.54) is 51.4 Å². The summed E-state index contributed by atoms with van der Waals surface area (Å²) in [6.07, 6.45) is 18.1. The van der Waals surface area contributed by atoms with E-state index in [2.05, 4.69) is 40.7 Å². The first-order chi connectivity index (χ1) is 18.1. The average Bonchev–Trinajstić information content (AvgIpc) is 3.21. The number of carbonyl (C=O) groups is 1. The predicted molar refractivity (Wildman–Crippen MR) is 154 cm³/mol. The predicted octanol–water partition coefficient (Wildman–Crippen LogP) is 7.85. The molecule has 0 saturated heterocycles. The molecule has 0 radical (unpaired) electrons. The van der Waals surface area contributed by atoms with Gasteiger partial charge in [-0.15, -0.1) is 0 Å². The van der Waals surface area contributed by atoms with Gasteiger partial charge in [0, 0.05) is 19.4 Å². The fourth-order valence-corrected chi connectivity index (χ4v) is 9.77. The highest BCUT2D eigenvalue weighted by molar-refractivity contribution is 5.69. The van der Waals surface area contributed by atoms with Gasteiger partial charge in [-0.05, 0) is 111 Å². The molecular weight excluding hydrogens is 472 g/mol. The second-order valence-corrected chi connectivity index (χ2v) is 14.7. The van der Waals surface area contributed by atoms with Crippen molar-refractivity contribution in [3.8, 4) is 0 Å². The molecule has 38 heavy (non-hydrogen) atoms. The molecule has 0 aromatic carbocycles. The smallest absolute Gasteiger partial charge is 0.306 e. The van der Waals surface area contributed by atoms with Crippen molar-refractivity contribution in [2.24, 2.45) is 46.3 Å². The summed E-state index contributed by atoms with van der Waals surface area (Å²) in [7, 11) is 0. The lowest BCUT2D eigenvalue weighted by Crippen LogP contribution is -2.51. The Morgan fingerprint density at radius 3 is 2.53 bits per heavy atom. The highest BCUT2D eigenvalue weighted by atomic mass is 16.5. The van der Waals surface area contributed by atoms with Gasteiger partial charge in [0.15, 0.2) is 0 Å². The largest absolute Gasteiger partial charge is 0.462 e. The lowest BCUT2D eigenvalue weighted by atomic mass is 9.47. The second-order valence-electron chi connectivity index (χ2n) is 14.7. The maximum Gasteiger partial charge on any atom is 0.306 e. The van der Waals surface area contributed by atoms with Crippen LogP contribution in [0.25, 0.3) is 0 Å². The third-order valence-corrected chi connectivity index (χ3v) is 11.9. The van der Waals surface area contributed by atoms with Gasteiger partial charge in [-0.1, -0.05) is 65.5 Å². The highest BCUT2D eigenvalue weighted by Crippen LogP contribution is 2.67. The van der Waals surface area contributed by atoms with Crippen molar-refractivity contribution >= 4 is 5.97 Å². The molecule has 2 N–H and O–H groups in total. The Morgan fingerprint density at radius 2 is 1.79 bits per heavy atom. The number of allylic oxidation sites excluding steroid dienone is 1. The van der Waals surface area contributed by atoms with Gasteiger partial charge in [-0.2, -0.15) is 0 Å². The fourth-order valence-electron chi connectivity index (χ4n) is 9.77. The van der Waals surface area contributed by atoms with E-state index in [-0.39, 0.29) is 24.1 Å². The SMILES string of the molecule is CC(C)CCC[C@H](C)[C@@H]1CCC2C3CC=C4C[C@H](OC(=O)CCCC(O)CCO)CC[C@@]4(C)C3CC[C@]21C. The molecule has 0 aromatic heterocycles. The molecular formula is C34H58O4. The molecule has 4 heteroatoms. The molecule has 0 spiro atoms. The Hall–Kier alpha value is -0.870. The molecule has 4 rings (SSSR count). The molecule has 9 atom stereocenters. The second kappa shape index (κ2) is 12.8. The topological polar surface area (TPSA) is 66.8 Å². The number of ether oxygens (including phenoxy) is 1. The summed E-state index contributed by atoms with van der Waals surface area (Å²) in [6, 6.07) is 0. The van der Waals surface area contributed by atoms with Gasteiger partial charge < -0.3 is 14.9 Å². The van der Waals surface area contributed by atoms with E-state index < -0.39 is 6.10 Å². The maximum absolute atomic E-state index is 12.5. The van der Waals surface area contributed by atoms with Crippen LogP contribution in [0.1, 0.15) is 131 Å². The molecule has 0 aliphatic heterocycles. The van der Waals surface area contributed by atoms with E-state index in [4.69, 9.17) is 9.84 Å². The quantitative estimate of drug-likeness (QED) is 0.199. The van der Waals surface area contributed by atoms with Gasteiger partial charge in [0.05, 0.1) is 6.10 Å². The van der Waals surface area contributed by atoms with Crippen LogP contribution in [0.4, 0.5) is 0 Å². The number of hydrogen-bond donors (Lipinski definition) is 2. The zero-order valence-corrected chi connectivity index (χ0v) is 25.2. The molecule has 4 aliphatic carbocycles. The number of hydrogen-bond acceptors (Lipinski definition) is 4. The molecule has 4 unspecified atom stereocenters. The van der Waals surface area contributed by atoms with Crippen LogP contribution in [-0.4, -0.2) is 35.0 Å². The molecule has 0 aromatic rings. The fraction of sp³-hybridized carbons (Fsp3) is 0.912. The number of rotatable bonds is 12. The number of esters is 1. The number of aliphatic hydroxyl groups excluding tert-OH is 2. The van der Waals surface area contributed by atoms with Crippen LogP contribution < -0.4 is 0 Å². The van der Waals surface area contributed by atoms with Gasteiger partial charge in [-0.25, -0.2) is 0 Å². The van der Waals surface area contributed by atoms with Crippen LogP contribution in [0.5, 0.6) is 0 Å². The zero-order valence-electron chi connectivity index (χ0n) is 25.2. The van der Waals surface area contributed by atoms with E-state index in [1.807, 2.05) is 0 Å². The van der Waals surface area contributed by atoms with Crippen molar-refractivity contribution < 1.29 is 19.7 Å². The van der Waals surface area contributed by atoms with Gasteiger partial charge in [-0.3, -0.25) is 4.79 Å². The van der Waals surface area contributed by atoms with Crippen molar-refractivity contribution in [3.63, 3.8) is 0 Å². The van der Waals surface area contributed by atoms with E-state index in [0.717, 1.165) is 54.8 Å². The monoisotopic (exact) mass is 530 g/mol. The first-order valence-electron chi connectivity index (χ1n) is 16.3. The molecule has 4 aliphatic rings. The minimum atomic E-state index is -0.524. The molecule has 0 amide bonds. The van der Waals surface area contributed by atoms with E-state index in [9.17, 15) is 9.90 Å². The minimum Gasteiger partial charge on any atom is -0.462 e. The van der Waals surface area contributed by atoms with E-state index >= 15 is 0 Å². The average molecular weight is 531 g/mol. The van der Waals surface area contributed by atoms with Crippen molar-refractivity contribution in [1.29, 1.82) is 0 Å². The first-order valence-corrected chi connectivity index (χ1v) is 16.3. The number of fused-ring (bicyclic) bond motifs is 5. The molecule has 3 saturated carbocycles. The van der Waals surface area contributed by atoms with Gasteiger partial charge in [0.25, 0.3) is 0 Å². The van der Waals surface area contributed by atoms with Crippen molar-refractivity contribution in [2.45, 2.75) is 143 Å². The van der Waals surface area contributed by atoms with Gasteiger partial charge in [0.1, 0.15) is 6.10 Å². The van der Waals surface area contributed by atoms with Crippen LogP contribution in [0, 0.1) is 46.3 Å². The number of carbonyl (C=O) groups excluding carboxylic acids is 1. The number of aliphatic hydroxyl groups is 2. The minimum absolute atomic E-state index is 0.0112. The Morgan fingerprint density at radius 1 is 1.00 bits per heavy atom. The Labute approximate surface area is 233 Å². The van der Waals surface area contributed by atoms with Crippen LogP contribution in [0.15, 0.2) is 11.6 Å². The summed E-state index contributed by atoms with van der Waals surface area (Å²) in [5, 5.41) is 18.7. The van der Waals surface area contributed by atoms with Crippen molar-refractivity contribution in [3.05, 3.63) is 11.6 Å². The lowest BCUT2D eigenvalue weighted by Gasteiger charge is -2.58. The summed E-state index contributed by atoms with van der Waals surface area (Å²) in [5.74, 6) is 4.96. The zero-order chi connectivity index (χ0) is 27.5. The third-order valence-electron chi connectivity index (χ3n) is 11.9. The summed E-state index contributed by atoms with van der Waals surface area (Å²) < 4.78 is 5.93. The summed E-state index contributed by atoms with van der Waals surface area (Å²) in [4.78, 5) is 12.5.